The van der Waals surface area contributed by atoms with E-state index in [4.69, 9.17) is 4.98 Å². The highest BCUT2D eigenvalue weighted by atomic mass is 32.1. The fourth-order valence-electron chi connectivity index (χ4n) is 2.98. The van der Waals surface area contributed by atoms with E-state index in [1.54, 1.807) is 4.88 Å². The zero-order chi connectivity index (χ0) is 15.0. The highest BCUT2D eigenvalue weighted by Gasteiger charge is 2.28. The Balaban J connectivity index is 1.92. The molecule has 1 aliphatic rings. The number of nitrogens with one attached hydrogen (secondary N) is 1. The fourth-order valence-corrected chi connectivity index (χ4v) is 5.28. The average molecular weight is 322 g/mol. The van der Waals surface area contributed by atoms with Crippen LogP contribution in [0.15, 0.2) is 11.4 Å². The van der Waals surface area contributed by atoms with Gasteiger partial charge >= 0.3 is 0 Å². The van der Waals surface area contributed by atoms with Crippen LogP contribution in [0, 0.1) is 0 Å². The van der Waals surface area contributed by atoms with E-state index in [2.05, 4.69) is 42.4 Å². The minimum absolute atomic E-state index is 0.439. The number of thiazole rings is 1. The molecule has 0 aliphatic carbocycles. The fraction of sp³-hybridized carbons (Fsp3) is 0.562. The first-order valence-electron chi connectivity index (χ1n) is 7.59. The predicted octanol–water partition coefficient (Wildman–Crippen LogP) is 4.17. The van der Waals surface area contributed by atoms with E-state index in [9.17, 15) is 0 Å². The third-order valence-electron chi connectivity index (χ3n) is 4.12. The van der Waals surface area contributed by atoms with Gasteiger partial charge in [-0.15, -0.1) is 22.7 Å². The summed E-state index contributed by atoms with van der Waals surface area (Å²) in [5.74, 6) is 0.482. The molecule has 1 unspecified atom stereocenters. The van der Waals surface area contributed by atoms with Crippen LogP contribution in [0.5, 0.6) is 0 Å². The van der Waals surface area contributed by atoms with E-state index in [-0.39, 0.29) is 0 Å². The molecule has 0 fully saturated rings. The van der Waals surface area contributed by atoms with Crippen LogP contribution in [0.4, 0.5) is 5.13 Å². The molecule has 0 saturated carbocycles. The van der Waals surface area contributed by atoms with Gasteiger partial charge in [0.1, 0.15) is 0 Å². The molecule has 0 amide bonds. The Morgan fingerprint density at radius 2 is 2.29 bits per heavy atom. The molecule has 0 aromatic carbocycles. The number of rotatable bonds is 4. The van der Waals surface area contributed by atoms with Crippen LogP contribution in [0.2, 0.25) is 0 Å². The smallest absolute Gasteiger partial charge is 0.186 e. The summed E-state index contributed by atoms with van der Waals surface area (Å²) < 4.78 is 0. The van der Waals surface area contributed by atoms with Crippen molar-refractivity contribution >= 4 is 27.8 Å². The lowest BCUT2D eigenvalue weighted by atomic mass is 10.0. The lowest BCUT2D eigenvalue weighted by Gasteiger charge is -2.33. The van der Waals surface area contributed by atoms with Gasteiger partial charge in [-0.1, -0.05) is 13.8 Å². The number of hydrogen-bond donors (Lipinski definition) is 1. The van der Waals surface area contributed by atoms with Gasteiger partial charge in [0.25, 0.3) is 0 Å². The van der Waals surface area contributed by atoms with Crippen molar-refractivity contribution in [2.24, 2.45) is 0 Å². The van der Waals surface area contributed by atoms with Gasteiger partial charge in [0.05, 0.1) is 11.7 Å². The van der Waals surface area contributed by atoms with E-state index >= 15 is 0 Å². The number of aromatic nitrogens is 1. The number of thiophene rings is 1. The molecule has 0 bridgehead atoms. The molecule has 3 heterocycles. The predicted molar refractivity (Wildman–Crippen MR) is 92.8 cm³/mol. The summed E-state index contributed by atoms with van der Waals surface area (Å²) in [5, 5.41) is 6.68. The lowest BCUT2D eigenvalue weighted by Crippen LogP contribution is -2.33. The van der Waals surface area contributed by atoms with E-state index < -0.39 is 0 Å². The van der Waals surface area contributed by atoms with Crippen molar-refractivity contribution in [3.63, 3.8) is 0 Å². The Labute approximate surface area is 135 Å². The van der Waals surface area contributed by atoms with Gasteiger partial charge in [0, 0.05) is 22.8 Å². The van der Waals surface area contributed by atoms with E-state index in [1.807, 2.05) is 29.7 Å². The molecule has 3 rings (SSSR count). The molecule has 5 heteroatoms. The van der Waals surface area contributed by atoms with Gasteiger partial charge in [-0.05, 0) is 43.3 Å². The summed E-state index contributed by atoms with van der Waals surface area (Å²) >= 11 is 3.75. The van der Waals surface area contributed by atoms with Crippen molar-refractivity contribution in [1.29, 1.82) is 0 Å². The van der Waals surface area contributed by atoms with Crippen LogP contribution < -0.4 is 10.2 Å². The second kappa shape index (κ2) is 6.07. The SMILES string of the molecule is CNCc1sc(N2CCc3sccc3C2C)nc1C(C)C. The van der Waals surface area contributed by atoms with Crippen LogP contribution >= 0.6 is 22.7 Å². The first-order valence-corrected chi connectivity index (χ1v) is 9.28. The Bertz CT molecular complexity index is 615. The quantitative estimate of drug-likeness (QED) is 0.916. The van der Waals surface area contributed by atoms with Gasteiger partial charge in [0.2, 0.25) is 0 Å². The van der Waals surface area contributed by atoms with Crippen molar-refractivity contribution in [2.45, 2.75) is 45.7 Å². The summed E-state index contributed by atoms with van der Waals surface area (Å²) in [4.78, 5) is 10.4. The zero-order valence-corrected chi connectivity index (χ0v) is 14.8. The summed E-state index contributed by atoms with van der Waals surface area (Å²) in [6, 6.07) is 2.72. The van der Waals surface area contributed by atoms with Crippen LogP contribution in [-0.2, 0) is 13.0 Å². The summed E-state index contributed by atoms with van der Waals surface area (Å²) in [6.07, 6.45) is 1.15. The van der Waals surface area contributed by atoms with Crippen LogP contribution in [0.3, 0.4) is 0 Å². The van der Waals surface area contributed by atoms with Gasteiger partial charge in [0.15, 0.2) is 5.13 Å². The summed E-state index contributed by atoms with van der Waals surface area (Å²) in [5.41, 5.74) is 2.75. The molecule has 1 aliphatic heterocycles. The molecule has 2 aromatic heterocycles. The Kier molecular flexibility index (Phi) is 4.33. The Hall–Kier alpha value is -0.910. The minimum atomic E-state index is 0.439. The maximum atomic E-state index is 4.97. The van der Waals surface area contributed by atoms with Gasteiger partial charge < -0.3 is 10.2 Å². The van der Waals surface area contributed by atoms with Crippen molar-refractivity contribution in [2.75, 3.05) is 18.5 Å². The highest BCUT2D eigenvalue weighted by molar-refractivity contribution is 7.15. The van der Waals surface area contributed by atoms with Crippen LogP contribution in [0.25, 0.3) is 0 Å². The average Bonchev–Trinajstić information content (AvgIpc) is 3.06. The Morgan fingerprint density at radius 3 is 3.00 bits per heavy atom. The molecule has 3 nitrogen and oxygen atoms in total. The maximum Gasteiger partial charge on any atom is 0.186 e. The monoisotopic (exact) mass is 321 g/mol. The molecule has 21 heavy (non-hydrogen) atoms. The second-order valence-corrected chi connectivity index (χ2v) is 7.97. The standard InChI is InChI=1S/C16H23N3S2/c1-10(2)15-14(9-17-4)21-16(18-15)19-7-5-13-12(11(19)3)6-8-20-13/h6,8,10-11,17H,5,7,9H2,1-4H3. The molecule has 1 N–H and O–H groups in total. The zero-order valence-electron chi connectivity index (χ0n) is 13.1. The largest absolute Gasteiger partial charge is 0.341 e. The Morgan fingerprint density at radius 1 is 1.48 bits per heavy atom. The number of nitrogens with zero attached hydrogens (tertiary/aromatic N) is 2. The first-order chi connectivity index (χ1) is 10.1. The maximum absolute atomic E-state index is 4.97. The highest BCUT2D eigenvalue weighted by Crippen LogP contribution is 2.39. The third-order valence-corrected chi connectivity index (χ3v) is 6.23. The van der Waals surface area contributed by atoms with E-state index in [0.717, 1.165) is 19.5 Å². The van der Waals surface area contributed by atoms with Crippen LogP contribution in [-0.4, -0.2) is 18.6 Å². The van der Waals surface area contributed by atoms with Gasteiger partial charge in [-0.25, -0.2) is 4.98 Å². The van der Waals surface area contributed by atoms with E-state index in [1.165, 1.54) is 21.3 Å². The van der Waals surface area contributed by atoms with Crippen molar-refractivity contribution < 1.29 is 0 Å². The second-order valence-electron chi connectivity index (χ2n) is 5.91. The van der Waals surface area contributed by atoms with Crippen LogP contribution in [0.1, 0.15) is 53.7 Å². The first kappa shape index (κ1) is 15.0. The normalized spacial score (nSPS) is 18.3. The van der Waals surface area contributed by atoms with Gasteiger partial charge in [-0.2, -0.15) is 0 Å². The molecule has 0 saturated heterocycles. The summed E-state index contributed by atoms with van der Waals surface area (Å²) in [6.45, 7) is 8.76. The molecule has 1 atom stereocenters. The molecule has 0 spiro atoms. The lowest BCUT2D eigenvalue weighted by molar-refractivity contribution is 0.628. The van der Waals surface area contributed by atoms with Crippen molar-refractivity contribution in [1.82, 2.24) is 10.3 Å². The molecular weight excluding hydrogens is 298 g/mol. The van der Waals surface area contributed by atoms with Crippen molar-refractivity contribution in [3.05, 3.63) is 32.5 Å². The van der Waals surface area contributed by atoms with Crippen molar-refractivity contribution in [3.8, 4) is 0 Å². The molecule has 2 aromatic rings. The van der Waals surface area contributed by atoms with Gasteiger partial charge in [-0.3, -0.25) is 0 Å². The van der Waals surface area contributed by atoms with E-state index in [0.29, 0.717) is 12.0 Å². The topological polar surface area (TPSA) is 28.2 Å². The summed E-state index contributed by atoms with van der Waals surface area (Å²) in [7, 11) is 2.00. The minimum Gasteiger partial charge on any atom is -0.341 e. The third kappa shape index (κ3) is 2.74. The number of anilines is 1. The molecular formula is C16H23N3S2. The molecule has 0 radical (unpaired) electrons. The molecule has 114 valence electrons. The number of hydrogen-bond acceptors (Lipinski definition) is 5. The number of fused-ring (bicyclic) bond motifs is 1.